The maximum absolute atomic E-state index is 11.3. The third-order valence-electron chi connectivity index (χ3n) is 2.30. The highest BCUT2D eigenvalue weighted by molar-refractivity contribution is 5.86. The van der Waals surface area contributed by atoms with Gasteiger partial charge >= 0.3 is 11.9 Å². The zero-order chi connectivity index (χ0) is 12.3. The molecule has 1 saturated heterocycles. The van der Waals surface area contributed by atoms with Crippen molar-refractivity contribution in [3.05, 3.63) is 12.2 Å². The summed E-state index contributed by atoms with van der Waals surface area (Å²) in [6.07, 6.45) is -0.362. The molecule has 1 aliphatic heterocycles. The van der Waals surface area contributed by atoms with E-state index in [2.05, 4.69) is 6.58 Å². The van der Waals surface area contributed by atoms with Gasteiger partial charge in [-0.3, -0.25) is 0 Å². The van der Waals surface area contributed by atoms with Gasteiger partial charge in [-0.2, -0.15) is 0 Å². The Morgan fingerprint density at radius 2 is 2.25 bits per heavy atom. The molecule has 1 aliphatic rings. The molecule has 5 heteroatoms. The molecule has 1 unspecified atom stereocenters. The van der Waals surface area contributed by atoms with E-state index in [1.807, 2.05) is 14.1 Å². The summed E-state index contributed by atoms with van der Waals surface area (Å²) < 4.78 is 10.6. The van der Waals surface area contributed by atoms with Gasteiger partial charge in [0.25, 0.3) is 0 Å². The molecule has 16 heavy (non-hydrogen) atoms. The van der Waals surface area contributed by atoms with Crippen LogP contribution in [0.15, 0.2) is 12.2 Å². The van der Waals surface area contributed by atoms with E-state index in [1.165, 1.54) is 0 Å². The van der Waals surface area contributed by atoms with Crippen molar-refractivity contribution in [3.8, 4) is 0 Å². The Kier molecular flexibility index (Phi) is 3.70. The van der Waals surface area contributed by atoms with Gasteiger partial charge in [-0.25, -0.2) is 9.59 Å². The summed E-state index contributed by atoms with van der Waals surface area (Å²) in [4.78, 5) is 22.4. The van der Waals surface area contributed by atoms with Crippen molar-refractivity contribution in [1.29, 1.82) is 0 Å². The van der Waals surface area contributed by atoms with Crippen LogP contribution in [0.1, 0.15) is 6.92 Å². The van der Waals surface area contributed by atoms with Crippen LogP contribution in [0.3, 0.4) is 0 Å². The van der Waals surface area contributed by atoms with Crippen LogP contribution in [0.4, 0.5) is 0 Å². The topological polar surface area (TPSA) is 52.6 Å². The third-order valence-corrected chi connectivity index (χ3v) is 2.30. The first kappa shape index (κ1) is 12.7. The zero-order valence-electron chi connectivity index (χ0n) is 9.99. The average Bonchev–Trinajstić information content (AvgIpc) is 2.10. The van der Waals surface area contributed by atoms with Crippen molar-refractivity contribution < 1.29 is 23.5 Å². The number of hydrogen-bond donors (Lipinski definition) is 0. The summed E-state index contributed by atoms with van der Waals surface area (Å²) in [6.45, 7) is 6.15. The molecular formula is C11H18NO4+. The number of cyclic esters (lactones) is 1. The van der Waals surface area contributed by atoms with E-state index in [-0.39, 0.29) is 18.7 Å². The highest BCUT2D eigenvalue weighted by atomic mass is 16.6. The van der Waals surface area contributed by atoms with Gasteiger partial charge in [0, 0.05) is 5.57 Å². The van der Waals surface area contributed by atoms with Crippen LogP contribution in [0.5, 0.6) is 0 Å². The second kappa shape index (κ2) is 4.65. The molecule has 0 aromatic carbocycles. The van der Waals surface area contributed by atoms with Crippen LogP contribution in [-0.2, 0) is 19.1 Å². The van der Waals surface area contributed by atoms with E-state index in [9.17, 15) is 9.59 Å². The number of hydrogen-bond acceptors (Lipinski definition) is 4. The minimum Gasteiger partial charge on any atom is -0.458 e. The molecule has 0 amide bonds. The molecule has 0 N–H and O–H groups in total. The fourth-order valence-corrected chi connectivity index (χ4v) is 1.60. The predicted molar refractivity (Wildman–Crippen MR) is 57.5 cm³/mol. The van der Waals surface area contributed by atoms with Crippen molar-refractivity contribution in [1.82, 2.24) is 0 Å². The normalized spacial score (nSPS) is 23.4. The quantitative estimate of drug-likeness (QED) is 0.391. The van der Waals surface area contributed by atoms with Gasteiger partial charge in [0.15, 0.2) is 12.6 Å². The molecular weight excluding hydrogens is 210 g/mol. The van der Waals surface area contributed by atoms with Crippen LogP contribution >= 0.6 is 0 Å². The first-order chi connectivity index (χ1) is 7.30. The number of morpholine rings is 1. The van der Waals surface area contributed by atoms with Gasteiger partial charge in [0.1, 0.15) is 13.2 Å². The Labute approximate surface area is 95.2 Å². The average molecular weight is 228 g/mol. The van der Waals surface area contributed by atoms with E-state index in [1.54, 1.807) is 6.92 Å². The van der Waals surface area contributed by atoms with Crippen LogP contribution in [0, 0.1) is 0 Å². The summed E-state index contributed by atoms with van der Waals surface area (Å²) in [7, 11) is 3.88. The highest BCUT2D eigenvalue weighted by Crippen LogP contribution is 2.11. The second-order valence-corrected chi connectivity index (χ2v) is 4.77. The third kappa shape index (κ3) is 3.66. The fourth-order valence-electron chi connectivity index (χ4n) is 1.60. The molecule has 5 nitrogen and oxygen atoms in total. The Morgan fingerprint density at radius 3 is 2.75 bits per heavy atom. The van der Waals surface area contributed by atoms with E-state index in [4.69, 9.17) is 9.47 Å². The number of nitrogens with zero attached hydrogens (tertiary/aromatic N) is 1. The molecule has 1 atom stereocenters. The fraction of sp³-hybridized carbons (Fsp3) is 0.636. The lowest BCUT2D eigenvalue weighted by Crippen LogP contribution is -2.56. The molecule has 90 valence electrons. The van der Waals surface area contributed by atoms with Crippen LogP contribution in [0.2, 0.25) is 0 Å². The molecule has 0 radical (unpaired) electrons. The molecule has 1 rings (SSSR count). The van der Waals surface area contributed by atoms with Gasteiger partial charge in [0.2, 0.25) is 0 Å². The number of quaternary nitrogens is 1. The highest BCUT2D eigenvalue weighted by Gasteiger charge is 2.34. The molecule has 0 bridgehead atoms. The minimum atomic E-state index is -0.452. The van der Waals surface area contributed by atoms with Gasteiger partial charge in [-0.1, -0.05) is 6.58 Å². The van der Waals surface area contributed by atoms with Crippen LogP contribution in [0.25, 0.3) is 0 Å². The Balaban J connectivity index is 2.46. The van der Waals surface area contributed by atoms with Gasteiger partial charge in [0.05, 0.1) is 14.1 Å². The van der Waals surface area contributed by atoms with E-state index in [0.29, 0.717) is 23.1 Å². The Hall–Kier alpha value is -1.36. The summed E-state index contributed by atoms with van der Waals surface area (Å²) in [6, 6.07) is 0. The predicted octanol–water partition coefficient (Wildman–Crippen LogP) is 0.107. The molecule has 1 fully saturated rings. The van der Waals surface area contributed by atoms with Crippen molar-refractivity contribution in [2.45, 2.75) is 13.0 Å². The maximum atomic E-state index is 11.3. The molecule has 0 aliphatic carbocycles. The van der Waals surface area contributed by atoms with E-state index in [0.717, 1.165) is 0 Å². The summed E-state index contributed by atoms with van der Waals surface area (Å²) in [5, 5.41) is 0. The SMILES string of the molecule is C=C(C)C(=O)OCC1C[N+](C)(C)CC(=O)O1. The Bertz CT molecular complexity index is 322. The zero-order valence-corrected chi connectivity index (χ0v) is 9.99. The van der Waals surface area contributed by atoms with Gasteiger partial charge < -0.3 is 14.0 Å². The molecule has 0 aromatic rings. The molecule has 0 saturated carbocycles. The molecule has 0 aromatic heterocycles. The minimum absolute atomic E-state index is 0.0963. The van der Waals surface area contributed by atoms with Crippen molar-refractivity contribution in [2.75, 3.05) is 33.8 Å². The van der Waals surface area contributed by atoms with Crippen molar-refractivity contribution in [2.24, 2.45) is 0 Å². The lowest BCUT2D eigenvalue weighted by atomic mass is 10.2. The number of esters is 2. The molecule has 1 heterocycles. The monoisotopic (exact) mass is 228 g/mol. The number of likely N-dealkylation sites (N-methyl/N-ethyl adjacent to an activating group) is 1. The standard InChI is InChI=1S/C11H18NO4/c1-8(2)11(14)15-7-9-5-12(3,4)6-10(13)16-9/h9H,1,5-7H2,2-4H3/q+1. The summed E-state index contributed by atoms with van der Waals surface area (Å²) in [5.74, 6) is -0.709. The lowest BCUT2D eigenvalue weighted by molar-refractivity contribution is -0.891. The summed E-state index contributed by atoms with van der Waals surface area (Å²) >= 11 is 0. The molecule has 0 spiro atoms. The maximum Gasteiger partial charge on any atom is 0.362 e. The smallest absolute Gasteiger partial charge is 0.362 e. The number of ether oxygens (including phenoxy) is 2. The van der Waals surface area contributed by atoms with E-state index < -0.39 is 5.97 Å². The van der Waals surface area contributed by atoms with Gasteiger partial charge in [-0.05, 0) is 6.92 Å². The van der Waals surface area contributed by atoms with Crippen LogP contribution < -0.4 is 0 Å². The van der Waals surface area contributed by atoms with Crippen LogP contribution in [-0.4, -0.2) is 56.3 Å². The number of carbonyl (C=O) groups is 2. The first-order valence-electron chi connectivity index (χ1n) is 5.14. The van der Waals surface area contributed by atoms with E-state index >= 15 is 0 Å². The number of rotatable bonds is 3. The lowest BCUT2D eigenvalue weighted by Gasteiger charge is -2.36. The number of carbonyl (C=O) groups excluding carboxylic acids is 2. The van der Waals surface area contributed by atoms with Crippen molar-refractivity contribution >= 4 is 11.9 Å². The summed E-state index contributed by atoms with van der Waals surface area (Å²) in [5.41, 5.74) is 0.343. The largest absolute Gasteiger partial charge is 0.458 e. The Morgan fingerprint density at radius 1 is 1.62 bits per heavy atom. The van der Waals surface area contributed by atoms with Gasteiger partial charge in [-0.15, -0.1) is 0 Å². The second-order valence-electron chi connectivity index (χ2n) is 4.77. The first-order valence-corrected chi connectivity index (χ1v) is 5.14. The van der Waals surface area contributed by atoms with Crippen molar-refractivity contribution in [3.63, 3.8) is 0 Å².